The van der Waals surface area contributed by atoms with E-state index in [0.717, 1.165) is 22.4 Å². The highest BCUT2D eigenvalue weighted by atomic mass is 32.1. The van der Waals surface area contributed by atoms with Gasteiger partial charge in [-0.15, -0.1) is 11.3 Å². The van der Waals surface area contributed by atoms with E-state index in [0.29, 0.717) is 5.13 Å². The summed E-state index contributed by atoms with van der Waals surface area (Å²) in [5.74, 6) is 0. The highest BCUT2D eigenvalue weighted by Gasteiger charge is 2.03. The number of aromatic nitrogens is 3. The average Bonchev–Trinajstić information content (AvgIpc) is 2.87. The molecule has 3 aromatic rings. The molecule has 0 fully saturated rings. The third-order valence-corrected chi connectivity index (χ3v) is 3.27. The van der Waals surface area contributed by atoms with Crippen LogP contribution in [0.15, 0.2) is 48.4 Å². The first-order chi connectivity index (χ1) is 8.83. The molecule has 0 saturated heterocycles. The molecular formula is C13H10N4S. The van der Waals surface area contributed by atoms with Crippen LogP contribution in [-0.2, 0) is 0 Å². The van der Waals surface area contributed by atoms with Gasteiger partial charge in [0.15, 0.2) is 5.13 Å². The molecule has 2 aromatic heterocycles. The summed E-state index contributed by atoms with van der Waals surface area (Å²) in [4.78, 5) is 12.3. The lowest BCUT2D eigenvalue weighted by molar-refractivity contribution is 1.17. The van der Waals surface area contributed by atoms with Crippen LogP contribution in [0.4, 0.5) is 5.13 Å². The Bertz CT molecular complexity index is 646. The van der Waals surface area contributed by atoms with Gasteiger partial charge >= 0.3 is 0 Å². The molecule has 18 heavy (non-hydrogen) atoms. The fraction of sp³-hybridized carbons (Fsp3) is 0. The van der Waals surface area contributed by atoms with Gasteiger partial charge < -0.3 is 5.73 Å². The number of hydrogen-bond donors (Lipinski definition) is 1. The standard InChI is InChI=1S/C13H10N4S/c14-13-17-12(7-18-13)10-3-1-9(2-4-10)11-5-15-8-16-6-11/h1-8H,(H2,14,17). The zero-order valence-corrected chi connectivity index (χ0v) is 10.3. The molecule has 2 heterocycles. The second kappa shape index (κ2) is 4.54. The van der Waals surface area contributed by atoms with E-state index in [2.05, 4.69) is 15.0 Å². The van der Waals surface area contributed by atoms with E-state index in [-0.39, 0.29) is 0 Å². The minimum absolute atomic E-state index is 0.588. The van der Waals surface area contributed by atoms with Gasteiger partial charge in [0.1, 0.15) is 6.33 Å². The highest BCUT2D eigenvalue weighted by molar-refractivity contribution is 7.13. The Labute approximate surface area is 108 Å². The molecule has 0 atom stereocenters. The molecule has 0 unspecified atom stereocenters. The van der Waals surface area contributed by atoms with Gasteiger partial charge in [-0.2, -0.15) is 0 Å². The number of thiazole rings is 1. The number of nitrogens with zero attached hydrogens (tertiary/aromatic N) is 3. The predicted molar refractivity (Wildman–Crippen MR) is 73.0 cm³/mol. The molecule has 0 aliphatic heterocycles. The summed E-state index contributed by atoms with van der Waals surface area (Å²) in [6.07, 6.45) is 5.11. The van der Waals surface area contributed by atoms with E-state index >= 15 is 0 Å². The van der Waals surface area contributed by atoms with Crippen molar-refractivity contribution in [3.63, 3.8) is 0 Å². The SMILES string of the molecule is Nc1nc(-c2ccc(-c3cncnc3)cc2)cs1. The van der Waals surface area contributed by atoms with Gasteiger partial charge in [0.05, 0.1) is 5.69 Å². The minimum atomic E-state index is 0.588. The molecule has 0 bridgehead atoms. The molecule has 0 saturated carbocycles. The Morgan fingerprint density at radius 2 is 1.56 bits per heavy atom. The van der Waals surface area contributed by atoms with Crippen LogP contribution >= 0.6 is 11.3 Å². The van der Waals surface area contributed by atoms with Crippen molar-refractivity contribution in [1.29, 1.82) is 0 Å². The first-order valence-electron chi connectivity index (χ1n) is 5.40. The monoisotopic (exact) mass is 254 g/mol. The molecule has 1 aromatic carbocycles. The fourth-order valence-electron chi connectivity index (χ4n) is 1.70. The Morgan fingerprint density at radius 3 is 2.17 bits per heavy atom. The van der Waals surface area contributed by atoms with E-state index in [1.54, 1.807) is 12.4 Å². The number of anilines is 1. The third kappa shape index (κ3) is 2.08. The lowest BCUT2D eigenvalue weighted by Gasteiger charge is -2.01. The summed E-state index contributed by atoms with van der Waals surface area (Å²) >= 11 is 1.45. The molecule has 5 heteroatoms. The predicted octanol–water partition coefficient (Wildman–Crippen LogP) is 2.85. The van der Waals surface area contributed by atoms with Crippen molar-refractivity contribution in [2.24, 2.45) is 0 Å². The minimum Gasteiger partial charge on any atom is -0.375 e. The largest absolute Gasteiger partial charge is 0.375 e. The van der Waals surface area contributed by atoms with Gasteiger partial charge in [0.2, 0.25) is 0 Å². The van der Waals surface area contributed by atoms with Crippen molar-refractivity contribution in [3.8, 4) is 22.4 Å². The van der Waals surface area contributed by atoms with Gasteiger partial charge in [0.25, 0.3) is 0 Å². The molecule has 0 radical (unpaired) electrons. The summed E-state index contributed by atoms with van der Waals surface area (Å²) in [5, 5.41) is 2.54. The van der Waals surface area contributed by atoms with Crippen molar-refractivity contribution in [1.82, 2.24) is 15.0 Å². The number of nitrogen functional groups attached to an aromatic ring is 1. The first kappa shape index (κ1) is 10.9. The van der Waals surface area contributed by atoms with Crippen LogP contribution in [0.25, 0.3) is 22.4 Å². The fourth-order valence-corrected chi connectivity index (χ4v) is 2.27. The van der Waals surface area contributed by atoms with E-state index < -0.39 is 0 Å². The van der Waals surface area contributed by atoms with Crippen molar-refractivity contribution < 1.29 is 0 Å². The Morgan fingerprint density at radius 1 is 0.889 bits per heavy atom. The number of benzene rings is 1. The van der Waals surface area contributed by atoms with Gasteiger partial charge in [0, 0.05) is 28.9 Å². The average molecular weight is 254 g/mol. The summed E-state index contributed by atoms with van der Waals surface area (Å²) in [6, 6.07) is 8.11. The summed E-state index contributed by atoms with van der Waals surface area (Å²) in [5.41, 5.74) is 9.68. The smallest absolute Gasteiger partial charge is 0.180 e. The van der Waals surface area contributed by atoms with E-state index in [9.17, 15) is 0 Å². The molecule has 0 aliphatic rings. The molecule has 3 rings (SSSR count). The lowest BCUT2D eigenvalue weighted by Crippen LogP contribution is -1.84. The van der Waals surface area contributed by atoms with Crippen LogP contribution in [0.2, 0.25) is 0 Å². The van der Waals surface area contributed by atoms with Crippen LogP contribution in [0, 0.1) is 0 Å². The third-order valence-electron chi connectivity index (χ3n) is 2.60. The lowest BCUT2D eigenvalue weighted by atomic mass is 10.1. The maximum absolute atomic E-state index is 5.63. The van der Waals surface area contributed by atoms with Crippen molar-refractivity contribution in [2.75, 3.05) is 5.73 Å². The van der Waals surface area contributed by atoms with Gasteiger partial charge in [-0.25, -0.2) is 15.0 Å². The van der Waals surface area contributed by atoms with Crippen LogP contribution in [0.1, 0.15) is 0 Å². The van der Waals surface area contributed by atoms with Crippen LogP contribution in [0.3, 0.4) is 0 Å². The summed E-state index contributed by atoms with van der Waals surface area (Å²) < 4.78 is 0. The quantitative estimate of drug-likeness (QED) is 0.763. The van der Waals surface area contributed by atoms with Crippen LogP contribution < -0.4 is 5.73 Å². The topological polar surface area (TPSA) is 64.7 Å². The summed E-state index contributed by atoms with van der Waals surface area (Å²) in [7, 11) is 0. The maximum atomic E-state index is 5.63. The molecular weight excluding hydrogens is 244 g/mol. The van der Waals surface area contributed by atoms with E-state index in [1.807, 2.05) is 29.6 Å². The van der Waals surface area contributed by atoms with Crippen molar-refractivity contribution in [3.05, 3.63) is 48.4 Å². The van der Waals surface area contributed by atoms with Gasteiger partial charge in [-0.05, 0) is 5.56 Å². The zero-order chi connectivity index (χ0) is 12.4. The molecule has 4 nitrogen and oxygen atoms in total. The Hall–Kier alpha value is -2.27. The highest BCUT2D eigenvalue weighted by Crippen LogP contribution is 2.25. The van der Waals surface area contributed by atoms with Crippen molar-refractivity contribution in [2.45, 2.75) is 0 Å². The van der Waals surface area contributed by atoms with E-state index in [4.69, 9.17) is 5.73 Å². The second-order valence-electron chi connectivity index (χ2n) is 3.78. The molecule has 0 amide bonds. The second-order valence-corrected chi connectivity index (χ2v) is 4.67. The van der Waals surface area contributed by atoms with E-state index in [1.165, 1.54) is 17.7 Å². The Kier molecular flexibility index (Phi) is 2.74. The number of nitrogens with two attached hydrogens (primary N) is 1. The summed E-state index contributed by atoms with van der Waals surface area (Å²) in [6.45, 7) is 0. The first-order valence-corrected chi connectivity index (χ1v) is 6.28. The molecule has 2 N–H and O–H groups in total. The Balaban J connectivity index is 1.94. The molecule has 88 valence electrons. The van der Waals surface area contributed by atoms with Crippen LogP contribution in [0.5, 0.6) is 0 Å². The normalized spacial score (nSPS) is 10.4. The van der Waals surface area contributed by atoms with Gasteiger partial charge in [-0.3, -0.25) is 0 Å². The zero-order valence-electron chi connectivity index (χ0n) is 9.45. The van der Waals surface area contributed by atoms with Crippen molar-refractivity contribution >= 4 is 16.5 Å². The van der Waals surface area contributed by atoms with Gasteiger partial charge in [-0.1, -0.05) is 24.3 Å². The number of rotatable bonds is 2. The van der Waals surface area contributed by atoms with Crippen LogP contribution in [-0.4, -0.2) is 15.0 Å². The molecule has 0 aliphatic carbocycles. The molecule has 0 spiro atoms. The maximum Gasteiger partial charge on any atom is 0.180 e. The number of hydrogen-bond acceptors (Lipinski definition) is 5.